The molecule has 0 aliphatic carbocycles. The number of amides is 1. The number of nitrogens with zero attached hydrogens (tertiary/aromatic N) is 2. The van der Waals surface area contributed by atoms with E-state index < -0.39 is 0 Å². The Labute approximate surface area is 196 Å². The van der Waals surface area contributed by atoms with Gasteiger partial charge >= 0.3 is 0 Å². The molecule has 0 bridgehead atoms. The molecule has 3 aromatic rings. The smallest absolute Gasteiger partial charge is 0.246 e. The number of carbonyl (C=O) groups is 2. The average Bonchev–Trinajstić information content (AvgIpc) is 2.83. The topological polar surface area (TPSA) is 52.7 Å². The molecule has 1 atom stereocenters. The van der Waals surface area contributed by atoms with Crippen molar-refractivity contribution in [3.63, 3.8) is 0 Å². The number of anilines is 2. The number of rotatable bonds is 6. The van der Waals surface area contributed by atoms with Gasteiger partial charge in [0.2, 0.25) is 5.91 Å². The SMILES string of the molecule is CC(=O)c1ccc(N2CCN(C(C(=O)Nc3cc(C)ccc3C)c3ccccc3)CC2)cc1. The van der Waals surface area contributed by atoms with Crippen LogP contribution in [0.2, 0.25) is 0 Å². The number of aryl methyl sites for hydroxylation is 2. The quantitative estimate of drug-likeness (QED) is 0.547. The van der Waals surface area contributed by atoms with E-state index in [1.807, 2.05) is 80.6 Å². The van der Waals surface area contributed by atoms with E-state index in [0.717, 1.165) is 59.8 Å². The first-order valence-corrected chi connectivity index (χ1v) is 11.5. The number of Topliss-reactive ketones (excluding diaryl/α,β-unsaturated/α-hetero) is 1. The lowest BCUT2D eigenvalue weighted by atomic mass is 10.0. The van der Waals surface area contributed by atoms with Crippen LogP contribution in [0.4, 0.5) is 11.4 Å². The minimum absolute atomic E-state index is 0.00541. The van der Waals surface area contributed by atoms with E-state index >= 15 is 0 Å². The zero-order valence-corrected chi connectivity index (χ0v) is 19.5. The van der Waals surface area contributed by atoms with Gasteiger partial charge in [0, 0.05) is 43.1 Å². The molecule has 0 saturated carbocycles. The molecule has 1 unspecified atom stereocenters. The summed E-state index contributed by atoms with van der Waals surface area (Å²) in [7, 11) is 0. The Morgan fingerprint density at radius 2 is 1.52 bits per heavy atom. The minimum Gasteiger partial charge on any atom is -0.369 e. The average molecular weight is 442 g/mol. The third-order valence-electron chi connectivity index (χ3n) is 6.33. The van der Waals surface area contributed by atoms with Crippen LogP contribution in [0.5, 0.6) is 0 Å². The first-order valence-electron chi connectivity index (χ1n) is 11.5. The molecule has 1 N–H and O–H groups in total. The van der Waals surface area contributed by atoms with Crippen molar-refractivity contribution in [3.05, 3.63) is 95.1 Å². The molecule has 0 spiro atoms. The van der Waals surface area contributed by atoms with Crippen LogP contribution in [-0.4, -0.2) is 42.8 Å². The van der Waals surface area contributed by atoms with Gasteiger partial charge in [0.1, 0.15) is 6.04 Å². The van der Waals surface area contributed by atoms with Crippen molar-refractivity contribution in [1.29, 1.82) is 0 Å². The van der Waals surface area contributed by atoms with Gasteiger partial charge in [-0.05, 0) is 67.8 Å². The summed E-state index contributed by atoms with van der Waals surface area (Å²) in [6, 6.07) is 23.6. The number of carbonyl (C=O) groups excluding carboxylic acids is 2. The van der Waals surface area contributed by atoms with Crippen molar-refractivity contribution < 1.29 is 9.59 Å². The lowest BCUT2D eigenvalue weighted by Gasteiger charge is -2.39. The number of ketones is 1. The second kappa shape index (κ2) is 10.0. The van der Waals surface area contributed by atoms with E-state index in [2.05, 4.69) is 21.2 Å². The highest BCUT2D eigenvalue weighted by Crippen LogP contribution is 2.27. The summed E-state index contributed by atoms with van der Waals surface area (Å²) >= 11 is 0. The Balaban J connectivity index is 1.51. The largest absolute Gasteiger partial charge is 0.369 e. The van der Waals surface area contributed by atoms with Gasteiger partial charge in [-0.2, -0.15) is 0 Å². The standard InChI is InChI=1S/C28H31N3O2/c1-20-9-10-21(2)26(19-20)29-28(33)27(24-7-5-4-6-8-24)31-17-15-30(16-18-31)25-13-11-23(12-14-25)22(3)32/h4-14,19,27H,15-18H2,1-3H3,(H,29,33). The van der Waals surface area contributed by atoms with Crippen molar-refractivity contribution in [2.75, 3.05) is 36.4 Å². The summed E-state index contributed by atoms with van der Waals surface area (Å²) in [5, 5.41) is 3.18. The van der Waals surface area contributed by atoms with E-state index in [4.69, 9.17) is 0 Å². The second-order valence-corrected chi connectivity index (χ2v) is 8.75. The Morgan fingerprint density at radius 3 is 2.15 bits per heavy atom. The molecule has 0 aromatic heterocycles. The fraction of sp³-hybridized carbons (Fsp3) is 0.286. The third kappa shape index (κ3) is 5.32. The molecule has 170 valence electrons. The lowest BCUT2D eigenvalue weighted by Crippen LogP contribution is -2.50. The predicted octanol–water partition coefficient (Wildman–Crippen LogP) is 5.01. The van der Waals surface area contributed by atoms with Gasteiger partial charge in [0.15, 0.2) is 5.78 Å². The van der Waals surface area contributed by atoms with Crippen molar-refractivity contribution in [2.24, 2.45) is 0 Å². The van der Waals surface area contributed by atoms with Gasteiger partial charge in [0.05, 0.1) is 0 Å². The van der Waals surface area contributed by atoms with Gasteiger partial charge in [0.25, 0.3) is 0 Å². The molecule has 3 aromatic carbocycles. The Bertz CT molecular complexity index is 1120. The summed E-state index contributed by atoms with van der Waals surface area (Å²) in [5.74, 6) is 0.0705. The van der Waals surface area contributed by atoms with Gasteiger partial charge in [-0.3, -0.25) is 14.5 Å². The molecule has 5 nitrogen and oxygen atoms in total. The molecule has 4 rings (SSSR count). The van der Waals surface area contributed by atoms with Crippen LogP contribution in [0.25, 0.3) is 0 Å². The molecule has 1 heterocycles. The highest BCUT2D eigenvalue weighted by atomic mass is 16.2. The Morgan fingerprint density at radius 1 is 0.848 bits per heavy atom. The highest BCUT2D eigenvalue weighted by Gasteiger charge is 2.31. The molecule has 1 amide bonds. The number of piperazine rings is 1. The maximum Gasteiger partial charge on any atom is 0.246 e. The van der Waals surface area contributed by atoms with Crippen LogP contribution >= 0.6 is 0 Å². The van der Waals surface area contributed by atoms with Gasteiger partial charge in [-0.15, -0.1) is 0 Å². The molecular weight excluding hydrogens is 410 g/mol. The highest BCUT2D eigenvalue weighted by molar-refractivity contribution is 5.96. The number of benzene rings is 3. The zero-order valence-electron chi connectivity index (χ0n) is 19.5. The van der Waals surface area contributed by atoms with Crippen molar-refractivity contribution in [2.45, 2.75) is 26.8 Å². The van der Waals surface area contributed by atoms with E-state index in [1.54, 1.807) is 6.92 Å². The third-order valence-corrected chi connectivity index (χ3v) is 6.33. The predicted molar refractivity (Wildman–Crippen MR) is 134 cm³/mol. The second-order valence-electron chi connectivity index (χ2n) is 8.75. The van der Waals surface area contributed by atoms with Gasteiger partial charge < -0.3 is 10.2 Å². The molecule has 0 radical (unpaired) electrons. The van der Waals surface area contributed by atoms with E-state index in [0.29, 0.717) is 0 Å². The molecule has 1 fully saturated rings. The van der Waals surface area contributed by atoms with Crippen LogP contribution in [0.3, 0.4) is 0 Å². The molecule has 5 heteroatoms. The first kappa shape index (κ1) is 22.7. The van der Waals surface area contributed by atoms with Crippen LogP contribution < -0.4 is 10.2 Å². The lowest BCUT2D eigenvalue weighted by molar-refractivity contribution is -0.121. The maximum atomic E-state index is 13.5. The maximum absolute atomic E-state index is 13.5. The fourth-order valence-electron chi connectivity index (χ4n) is 4.38. The Kier molecular flexibility index (Phi) is 6.90. The summed E-state index contributed by atoms with van der Waals surface area (Å²) in [6.07, 6.45) is 0. The number of hydrogen-bond donors (Lipinski definition) is 1. The van der Waals surface area contributed by atoms with Crippen LogP contribution in [0, 0.1) is 13.8 Å². The molecular formula is C28H31N3O2. The van der Waals surface area contributed by atoms with E-state index in [1.165, 1.54) is 0 Å². The molecule has 1 aliphatic rings. The summed E-state index contributed by atoms with van der Waals surface area (Å²) < 4.78 is 0. The normalized spacial score (nSPS) is 15.2. The van der Waals surface area contributed by atoms with Crippen molar-refractivity contribution in [3.8, 4) is 0 Å². The van der Waals surface area contributed by atoms with Gasteiger partial charge in [-0.1, -0.05) is 42.5 Å². The molecule has 1 saturated heterocycles. The van der Waals surface area contributed by atoms with Crippen LogP contribution in [0.1, 0.15) is 40.0 Å². The Hall–Kier alpha value is -3.44. The fourth-order valence-corrected chi connectivity index (χ4v) is 4.38. The summed E-state index contributed by atoms with van der Waals surface area (Å²) in [5.41, 5.74) is 5.88. The summed E-state index contributed by atoms with van der Waals surface area (Å²) in [4.78, 5) is 29.7. The van der Waals surface area contributed by atoms with Crippen LogP contribution in [0.15, 0.2) is 72.8 Å². The van der Waals surface area contributed by atoms with E-state index in [-0.39, 0.29) is 17.7 Å². The zero-order chi connectivity index (χ0) is 23.4. The van der Waals surface area contributed by atoms with Crippen LogP contribution in [-0.2, 0) is 4.79 Å². The molecule has 1 aliphatic heterocycles. The number of hydrogen-bond acceptors (Lipinski definition) is 4. The monoisotopic (exact) mass is 441 g/mol. The first-order chi connectivity index (χ1) is 15.9. The minimum atomic E-state index is -0.353. The summed E-state index contributed by atoms with van der Waals surface area (Å²) in [6.45, 7) is 8.82. The number of nitrogens with one attached hydrogen (secondary N) is 1. The van der Waals surface area contributed by atoms with Crippen molar-refractivity contribution in [1.82, 2.24) is 4.90 Å². The van der Waals surface area contributed by atoms with E-state index in [9.17, 15) is 9.59 Å². The van der Waals surface area contributed by atoms with Gasteiger partial charge in [-0.25, -0.2) is 0 Å². The molecule has 33 heavy (non-hydrogen) atoms. The van der Waals surface area contributed by atoms with Crippen molar-refractivity contribution >= 4 is 23.1 Å².